The average Bonchev–Trinajstić information content (AvgIpc) is 2.54. The van der Waals surface area contributed by atoms with Crippen LogP contribution < -0.4 is 4.74 Å². The molecular formula is C19H16O2. The van der Waals surface area contributed by atoms with E-state index in [4.69, 9.17) is 4.74 Å². The number of hydrogen-bond acceptors (Lipinski definition) is 2. The van der Waals surface area contributed by atoms with E-state index < -0.39 is 0 Å². The predicted octanol–water partition coefficient (Wildman–Crippen LogP) is 4.27. The van der Waals surface area contributed by atoms with E-state index in [9.17, 15) is 4.79 Å². The smallest absolute Gasteiger partial charge is 0.167 e. The molecule has 0 unspecified atom stereocenters. The molecule has 0 saturated heterocycles. The summed E-state index contributed by atoms with van der Waals surface area (Å²) < 4.78 is 5.26. The van der Waals surface area contributed by atoms with Crippen molar-refractivity contribution in [2.24, 2.45) is 0 Å². The molecule has 3 rings (SSSR count). The molecule has 104 valence electrons. The summed E-state index contributed by atoms with van der Waals surface area (Å²) in [7, 11) is 1.63. The number of carbonyl (C=O) groups excluding carboxylic acids is 1. The summed E-state index contributed by atoms with van der Waals surface area (Å²) in [4.78, 5) is 12.6. The van der Waals surface area contributed by atoms with Gasteiger partial charge in [-0.05, 0) is 28.5 Å². The molecular weight excluding hydrogens is 260 g/mol. The number of carbonyl (C=O) groups is 1. The van der Waals surface area contributed by atoms with Crippen LogP contribution in [0.2, 0.25) is 0 Å². The number of hydrogen-bond donors (Lipinski definition) is 0. The first-order chi connectivity index (χ1) is 10.3. The Kier molecular flexibility index (Phi) is 3.69. The third-order valence-electron chi connectivity index (χ3n) is 3.60. The van der Waals surface area contributed by atoms with Crippen molar-refractivity contribution in [2.75, 3.05) is 7.11 Å². The van der Waals surface area contributed by atoms with Crippen molar-refractivity contribution in [1.82, 2.24) is 0 Å². The fraction of sp³-hybridized carbons (Fsp3) is 0.105. The number of methoxy groups -OCH3 is 1. The van der Waals surface area contributed by atoms with Gasteiger partial charge in [0.05, 0.1) is 7.11 Å². The van der Waals surface area contributed by atoms with Crippen LogP contribution in [0.25, 0.3) is 10.8 Å². The summed E-state index contributed by atoms with van der Waals surface area (Å²) in [6.07, 6.45) is 0.414. The summed E-state index contributed by atoms with van der Waals surface area (Å²) in [6.45, 7) is 0. The number of fused-ring (bicyclic) bond motifs is 1. The molecule has 0 saturated carbocycles. The van der Waals surface area contributed by atoms with Crippen LogP contribution >= 0.6 is 0 Å². The molecule has 0 aliphatic heterocycles. The van der Waals surface area contributed by atoms with E-state index in [1.54, 1.807) is 7.11 Å². The Hall–Kier alpha value is -2.61. The summed E-state index contributed by atoms with van der Waals surface area (Å²) >= 11 is 0. The lowest BCUT2D eigenvalue weighted by Crippen LogP contribution is -2.04. The molecule has 2 nitrogen and oxygen atoms in total. The van der Waals surface area contributed by atoms with Crippen LogP contribution in [0.1, 0.15) is 15.9 Å². The average molecular weight is 276 g/mol. The van der Waals surface area contributed by atoms with Gasteiger partial charge in [0, 0.05) is 12.0 Å². The molecule has 0 N–H and O–H groups in total. The topological polar surface area (TPSA) is 26.3 Å². The first-order valence-corrected chi connectivity index (χ1v) is 6.92. The van der Waals surface area contributed by atoms with Crippen molar-refractivity contribution in [3.05, 3.63) is 77.9 Å². The minimum absolute atomic E-state index is 0.125. The van der Waals surface area contributed by atoms with Crippen LogP contribution in [0.3, 0.4) is 0 Å². The standard InChI is InChI=1S/C19H16O2/c1-21-16-11-10-15-8-5-9-17(18(15)13-16)19(20)12-14-6-3-2-4-7-14/h2-11,13H,12H2,1H3. The van der Waals surface area contributed by atoms with E-state index in [-0.39, 0.29) is 5.78 Å². The summed E-state index contributed by atoms with van der Waals surface area (Å²) in [5, 5.41) is 1.99. The molecule has 3 aromatic carbocycles. The first-order valence-electron chi connectivity index (χ1n) is 6.92. The Balaban J connectivity index is 2.01. The normalized spacial score (nSPS) is 10.5. The van der Waals surface area contributed by atoms with Gasteiger partial charge in [-0.2, -0.15) is 0 Å². The van der Waals surface area contributed by atoms with Gasteiger partial charge in [-0.15, -0.1) is 0 Å². The zero-order valence-electron chi connectivity index (χ0n) is 11.9. The van der Waals surface area contributed by atoms with E-state index in [0.29, 0.717) is 6.42 Å². The molecule has 2 heteroatoms. The van der Waals surface area contributed by atoms with Gasteiger partial charge in [0.25, 0.3) is 0 Å². The van der Waals surface area contributed by atoms with Crippen LogP contribution in [0.5, 0.6) is 5.75 Å². The van der Waals surface area contributed by atoms with Gasteiger partial charge in [-0.25, -0.2) is 0 Å². The maximum Gasteiger partial charge on any atom is 0.167 e. The van der Waals surface area contributed by atoms with Crippen molar-refractivity contribution in [3.8, 4) is 5.75 Å². The minimum atomic E-state index is 0.125. The maximum absolute atomic E-state index is 12.6. The second-order valence-electron chi connectivity index (χ2n) is 4.98. The highest BCUT2D eigenvalue weighted by Gasteiger charge is 2.11. The van der Waals surface area contributed by atoms with Crippen LogP contribution in [-0.2, 0) is 6.42 Å². The summed E-state index contributed by atoms with van der Waals surface area (Å²) in [5.41, 5.74) is 1.78. The second kappa shape index (κ2) is 5.80. The van der Waals surface area contributed by atoms with E-state index in [1.807, 2.05) is 66.7 Å². The largest absolute Gasteiger partial charge is 0.497 e. The molecule has 0 heterocycles. The van der Waals surface area contributed by atoms with Crippen LogP contribution in [0.4, 0.5) is 0 Å². The van der Waals surface area contributed by atoms with Crippen molar-refractivity contribution < 1.29 is 9.53 Å². The lowest BCUT2D eigenvalue weighted by molar-refractivity contribution is 0.0994. The fourth-order valence-corrected chi connectivity index (χ4v) is 2.50. The molecule has 0 aliphatic rings. The Morgan fingerprint density at radius 1 is 0.952 bits per heavy atom. The first kappa shape index (κ1) is 13.4. The zero-order chi connectivity index (χ0) is 14.7. The van der Waals surface area contributed by atoms with Gasteiger partial charge in [-0.3, -0.25) is 4.79 Å². The number of ether oxygens (including phenoxy) is 1. The van der Waals surface area contributed by atoms with Crippen molar-refractivity contribution >= 4 is 16.6 Å². The molecule has 21 heavy (non-hydrogen) atoms. The van der Waals surface area contributed by atoms with Gasteiger partial charge in [-0.1, -0.05) is 54.6 Å². The van der Waals surface area contributed by atoms with Gasteiger partial charge in [0.15, 0.2) is 5.78 Å². The molecule has 0 bridgehead atoms. The quantitative estimate of drug-likeness (QED) is 0.665. The molecule has 0 aromatic heterocycles. The number of rotatable bonds is 4. The number of Topliss-reactive ketones (excluding diaryl/α,β-unsaturated/α-hetero) is 1. The highest BCUT2D eigenvalue weighted by Crippen LogP contribution is 2.25. The third-order valence-corrected chi connectivity index (χ3v) is 3.60. The zero-order valence-corrected chi connectivity index (χ0v) is 11.9. The molecule has 0 amide bonds. The lowest BCUT2D eigenvalue weighted by Gasteiger charge is -2.08. The van der Waals surface area contributed by atoms with E-state index in [0.717, 1.165) is 27.6 Å². The molecule has 0 radical (unpaired) electrons. The predicted molar refractivity (Wildman–Crippen MR) is 85.0 cm³/mol. The fourth-order valence-electron chi connectivity index (χ4n) is 2.50. The Bertz CT molecular complexity index is 776. The van der Waals surface area contributed by atoms with Crippen LogP contribution in [0.15, 0.2) is 66.7 Å². The van der Waals surface area contributed by atoms with Gasteiger partial charge in [0.1, 0.15) is 5.75 Å². The van der Waals surface area contributed by atoms with Crippen molar-refractivity contribution in [1.29, 1.82) is 0 Å². The van der Waals surface area contributed by atoms with Gasteiger partial charge >= 0.3 is 0 Å². The Labute approximate surface area is 124 Å². The van der Waals surface area contributed by atoms with E-state index in [2.05, 4.69) is 0 Å². The molecule has 0 fully saturated rings. The third kappa shape index (κ3) is 2.79. The van der Waals surface area contributed by atoms with E-state index >= 15 is 0 Å². The summed E-state index contributed by atoms with van der Waals surface area (Å²) in [6, 6.07) is 21.4. The second-order valence-corrected chi connectivity index (χ2v) is 4.98. The number of benzene rings is 3. The number of ketones is 1. The highest BCUT2D eigenvalue weighted by molar-refractivity contribution is 6.09. The SMILES string of the molecule is COc1ccc2cccc(C(=O)Cc3ccccc3)c2c1. The van der Waals surface area contributed by atoms with E-state index in [1.165, 1.54) is 0 Å². The highest BCUT2D eigenvalue weighted by atomic mass is 16.5. The Morgan fingerprint density at radius 3 is 2.52 bits per heavy atom. The minimum Gasteiger partial charge on any atom is -0.497 e. The molecule has 0 aliphatic carbocycles. The van der Waals surface area contributed by atoms with Gasteiger partial charge in [0.2, 0.25) is 0 Å². The summed E-state index contributed by atoms with van der Waals surface area (Å²) in [5.74, 6) is 0.891. The molecule has 0 spiro atoms. The van der Waals surface area contributed by atoms with Gasteiger partial charge < -0.3 is 4.74 Å². The lowest BCUT2D eigenvalue weighted by atomic mass is 9.97. The van der Waals surface area contributed by atoms with Crippen LogP contribution in [0, 0.1) is 0 Å². The monoisotopic (exact) mass is 276 g/mol. The Morgan fingerprint density at radius 2 is 1.76 bits per heavy atom. The van der Waals surface area contributed by atoms with Crippen LogP contribution in [-0.4, -0.2) is 12.9 Å². The van der Waals surface area contributed by atoms with Crippen molar-refractivity contribution in [3.63, 3.8) is 0 Å². The maximum atomic E-state index is 12.6. The molecule has 3 aromatic rings. The molecule has 0 atom stereocenters. The van der Waals surface area contributed by atoms with Crippen molar-refractivity contribution in [2.45, 2.75) is 6.42 Å².